The molecule has 2 heteroatoms. The number of allylic oxidation sites excluding steroid dienone is 8. The molecule has 0 aromatic heterocycles. The van der Waals surface area contributed by atoms with E-state index < -0.39 is 0 Å². The number of aliphatic hydroxyl groups excluding tert-OH is 1. The fourth-order valence-electron chi connectivity index (χ4n) is 5.76. The van der Waals surface area contributed by atoms with Gasteiger partial charge in [0.15, 0.2) is 0 Å². The van der Waals surface area contributed by atoms with E-state index in [0.29, 0.717) is 6.61 Å². The molecule has 0 amide bonds. The molecule has 0 saturated carbocycles. The third-order valence-corrected chi connectivity index (χ3v) is 8.93. The fraction of sp³-hybridized carbons (Fsp3) is 0.800. The van der Waals surface area contributed by atoms with E-state index >= 15 is 0 Å². The zero-order valence-electron chi connectivity index (χ0n) is 29.1. The lowest BCUT2D eigenvalue weighted by molar-refractivity contribution is 0.0478. The third kappa shape index (κ3) is 26.5. The lowest BCUT2D eigenvalue weighted by atomic mass is 9.85. The summed E-state index contributed by atoms with van der Waals surface area (Å²) in [4.78, 5) is 2.31. The number of hydrogen-bond donors (Lipinski definition) is 1. The predicted molar refractivity (Wildman–Crippen MR) is 191 cm³/mol. The highest BCUT2D eigenvalue weighted by Gasteiger charge is 2.30. The molecular weight excluding hydrogens is 510 g/mol. The van der Waals surface area contributed by atoms with Crippen molar-refractivity contribution in [1.82, 2.24) is 4.90 Å². The van der Waals surface area contributed by atoms with Crippen molar-refractivity contribution < 1.29 is 5.11 Å². The summed E-state index contributed by atoms with van der Waals surface area (Å²) in [7, 11) is 4.34. The van der Waals surface area contributed by atoms with E-state index in [0.717, 1.165) is 25.7 Å². The molecule has 42 heavy (non-hydrogen) atoms. The summed E-state index contributed by atoms with van der Waals surface area (Å²) in [5.41, 5.74) is -0.0233. The Bertz CT molecular complexity index is 596. The van der Waals surface area contributed by atoms with Gasteiger partial charge in [0.05, 0.1) is 6.61 Å². The molecule has 0 fully saturated rings. The molecule has 0 atom stereocenters. The first-order valence-corrected chi connectivity index (χ1v) is 18.5. The van der Waals surface area contributed by atoms with Gasteiger partial charge in [0.25, 0.3) is 0 Å². The van der Waals surface area contributed by atoms with Crippen molar-refractivity contribution >= 4 is 0 Å². The summed E-state index contributed by atoms with van der Waals surface area (Å²) in [5.74, 6) is 0. The fourth-order valence-corrected chi connectivity index (χ4v) is 5.76. The van der Waals surface area contributed by atoms with Gasteiger partial charge in [-0.2, -0.15) is 0 Å². The molecule has 0 unspecified atom stereocenters. The van der Waals surface area contributed by atoms with Crippen LogP contribution in [0, 0.1) is 0 Å². The molecule has 0 aliphatic carbocycles. The van der Waals surface area contributed by atoms with Crippen molar-refractivity contribution in [3.05, 3.63) is 48.6 Å². The van der Waals surface area contributed by atoms with E-state index in [1.54, 1.807) is 0 Å². The largest absolute Gasteiger partial charge is 0.394 e. The summed E-state index contributed by atoms with van der Waals surface area (Å²) >= 11 is 0. The van der Waals surface area contributed by atoms with Crippen LogP contribution in [0.2, 0.25) is 0 Å². The number of nitrogens with zero attached hydrogens (tertiary/aromatic N) is 1. The zero-order chi connectivity index (χ0) is 30.8. The molecule has 0 spiro atoms. The Hall–Kier alpha value is -1.12. The lowest BCUT2D eigenvalue weighted by Gasteiger charge is -2.39. The molecule has 0 bridgehead atoms. The molecular formula is C40H75NO. The van der Waals surface area contributed by atoms with Crippen LogP contribution >= 0.6 is 0 Å². The predicted octanol–water partition coefficient (Wildman–Crippen LogP) is 12.7. The Kier molecular flexibility index (Phi) is 31.9. The summed E-state index contributed by atoms with van der Waals surface area (Å²) in [6.45, 7) is 4.82. The van der Waals surface area contributed by atoms with Gasteiger partial charge in [0.1, 0.15) is 0 Å². The maximum Gasteiger partial charge on any atom is 0.0615 e. The minimum atomic E-state index is -0.0233. The molecule has 0 heterocycles. The second kappa shape index (κ2) is 32.8. The van der Waals surface area contributed by atoms with Crippen molar-refractivity contribution in [1.29, 1.82) is 0 Å². The minimum Gasteiger partial charge on any atom is -0.394 e. The first kappa shape index (κ1) is 40.9. The van der Waals surface area contributed by atoms with Gasteiger partial charge in [-0.15, -0.1) is 0 Å². The van der Waals surface area contributed by atoms with Crippen LogP contribution in [0.3, 0.4) is 0 Å². The van der Waals surface area contributed by atoms with E-state index in [1.807, 2.05) is 0 Å². The Balaban J connectivity index is 3.80. The van der Waals surface area contributed by atoms with Crippen LogP contribution in [0.15, 0.2) is 48.6 Å². The summed E-state index contributed by atoms with van der Waals surface area (Å²) < 4.78 is 0. The van der Waals surface area contributed by atoms with Crippen molar-refractivity contribution in [3.63, 3.8) is 0 Å². The maximum absolute atomic E-state index is 10.3. The van der Waals surface area contributed by atoms with Crippen LogP contribution in [0.1, 0.15) is 181 Å². The monoisotopic (exact) mass is 586 g/mol. The quantitative estimate of drug-likeness (QED) is 0.0627. The minimum absolute atomic E-state index is 0.0233. The van der Waals surface area contributed by atoms with Gasteiger partial charge in [-0.25, -0.2) is 0 Å². The number of hydrogen-bond acceptors (Lipinski definition) is 2. The SMILES string of the molecule is CCCCC/C=C\C/C=C\CCCCCCCCC(CO)(CCCCCCCC/C=C\C/C=C\CCCCC)N(C)C. The van der Waals surface area contributed by atoms with Crippen molar-refractivity contribution in [3.8, 4) is 0 Å². The molecule has 0 aromatic carbocycles. The van der Waals surface area contributed by atoms with E-state index in [4.69, 9.17) is 0 Å². The Morgan fingerprint density at radius 2 is 0.738 bits per heavy atom. The van der Waals surface area contributed by atoms with E-state index in [9.17, 15) is 5.11 Å². The second-order valence-electron chi connectivity index (χ2n) is 12.9. The Morgan fingerprint density at radius 1 is 0.429 bits per heavy atom. The molecule has 2 nitrogen and oxygen atoms in total. The topological polar surface area (TPSA) is 23.5 Å². The van der Waals surface area contributed by atoms with Crippen LogP contribution in [0.4, 0.5) is 0 Å². The lowest BCUT2D eigenvalue weighted by Crippen LogP contribution is -2.47. The molecule has 0 radical (unpaired) electrons. The number of likely N-dealkylation sites (N-methyl/N-ethyl adjacent to an activating group) is 1. The summed E-state index contributed by atoms with van der Waals surface area (Å²) in [5, 5.41) is 10.3. The molecule has 0 aliphatic rings. The highest BCUT2D eigenvalue weighted by molar-refractivity contribution is 4.93. The van der Waals surface area contributed by atoms with Crippen LogP contribution < -0.4 is 0 Å². The van der Waals surface area contributed by atoms with Crippen molar-refractivity contribution in [2.75, 3.05) is 20.7 Å². The molecule has 1 N–H and O–H groups in total. The van der Waals surface area contributed by atoms with Gasteiger partial charge in [-0.1, -0.05) is 152 Å². The number of unbranched alkanes of at least 4 members (excludes halogenated alkanes) is 18. The van der Waals surface area contributed by atoms with E-state index in [-0.39, 0.29) is 5.54 Å². The average Bonchev–Trinajstić information content (AvgIpc) is 2.99. The second-order valence-corrected chi connectivity index (χ2v) is 12.9. The third-order valence-electron chi connectivity index (χ3n) is 8.93. The van der Waals surface area contributed by atoms with Gasteiger partial charge in [-0.3, -0.25) is 0 Å². The molecule has 0 aromatic rings. The molecule has 0 aliphatic heterocycles. The molecule has 0 rings (SSSR count). The summed E-state index contributed by atoms with van der Waals surface area (Å²) in [6, 6.07) is 0. The smallest absolute Gasteiger partial charge is 0.0615 e. The van der Waals surface area contributed by atoms with Gasteiger partial charge in [0, 0.05) is 5.54 Å². The highest BCUT2D eigenvalue weighted by atomic mass is 16.3. The molecule has 246 valence electrons. The normalized spacial score (nSPS) is 12.9. The van der Waals surface area contributed by atoms with Crippen LogP contribution in [-0.2, 0) is 0 Å². The first-order chi connectivity index (χ1) is 20.6. The van der Waals surface area contributed by atoms with Gasteiger partial charge in [0.2, 0.25) is 0 Å². The van der Waals surface area contributed by atoms with Crippen molar-refractivity contribution in [2.24, 2.45) is 0 Å². The van der Waals surface area contributed by atoms with E-state index in [1.165, 1.54) is 141 Å². The standard InChI is InChI=1S/C40H75NO/c1-5-7-9-11-13-15-17-19-21-23-25-27-29-31-33-35-37-40(39-42,41(3)4)38-36-34-32-30-28-26-24-22-20-18-16-14-12-10-8-6-2/h13-16,19-22,42H,5-12,17-18,23-39H2,1-4H3/b15-13-,16-14-,21-19-,22-20-. The van der Waals surface area contributed by atoms with Crippen LogP contribution in [0.5, 0.6) is 0 Å². The van der Waals surface area contributed by atoms with Crippen LogP contribution in [0.25, 0.3) is 0 Å². The zero-order valence-corrected chi connectivity index (χ0v) is 29.1. The highest BCUT2D eigenvalue weighted by Crippen LogP contribution is 2.27. The Morgan fingerprint density at radius 3 is 1.05 bits per heavy atom. The van der Waals surface area contributed by atoms with Gasteiger partial charge >= 0.3 is 0 Å². The van der Waals surface area contributed by atoms with Crippen molar-refractivity contribution in [2.45, 2.75) is 186 Å². The van der Waals surface area contributed by atoms with Gasteiger partial charge in [-0.05, 0) is 91.1 Å². The van der Waals surface area contributed by atoms with Gasteiger partial charge < -0.3 is 10.0 Å². The van der Waals surface area contributed by atoms with Crippen LogP contribution in [-0.4, -0.2) is 36.2 Å². The first-order valence-electron chi connectivity index (χ1n) is 18.5. The molecule has 0 saturated heterocycles. The summed E-state index contributed by atoms with van der Waals surface area (Å²) in [6.07, 6.45) is 52.0. The van der Waals surface area contributed by atoms with E-state index in [2.05, 4.69) is 81.5 Å². The number of rotatable bonds is 32. The number of aliphatic hydroxyl groups is 1. The Labute approximate surface area is 265 Å². The maximum atomic E-state index is 10.3. The average molecular weight is 586 g/mol.